The first-order valence-electron chi connectivity index (χ1n) is 6.23. The molecule has 4 heteroatoms. The first-order valence-corrected chi connectivity index (χ1v) is 7.02. The Balaban J connectivity index is 2.43. The lowest BCUT2D eigenvalue weighted by atomic mass is 9.97. The molecule has 2 rings (SSSR count). The van der Waals surface area contributed by atoms with E-state index in [2.05, 4.69) is 15.9 Å². The van der Waals surface area contributed by atoms with Crippen LogP contribution >= 0.6 is 15.9 Å². The molecule has 106 valence electrons. The third-order valence-electron chi connectivity index (χ3n) is 3.25. The van der Waals surface area contributed by atoms with Crippen LogP contribution < -0.4 is 9.47 Å². The summed E-state index contributed by atoms with van der Waals surface area (Å²) in [6, 6.07) is 11.3. The Morgan fingerprint density at radius 2 is 1.55 bits per heavy atom. The molecule has 0 fully saturated rings. The molecule has 0 spiro atoms. The summed E-state index contributed by atoms with van der Waals surface area (Å²) >= 11 is 3.39. The quantitative estimate of drug-likeness (QED) is 0.921. The van der Waals surface area contributed by atoms with Crippen molar-refractivity contribution < 1.29 is 14.6 Å². The molecular formula is C16H17BrO3. The number of methoxy groups -OCH3 is 2. The van der Waals surface area contributed by atoms with Crippen molar-refractivity contribution in [2.45, 2.75) is 13.0 Å². The SMILES string of the molecule is COc1cc(C)c(C(O)c2ccc(Br)cc2)cc1OC. The molecule has 0 aliphatic rings. The normalized spacial score (nSPS) is 12.1. The predicted molar refractivity (Wildman–Crippen MR) is 82.5 cm³/mol. The van der Waals surface area contributed by atoms with Crippen LogP contribution in [0.1, 0.15) is 22.8 Å². The highest BCUT2D eigenvalue weighted by Crippen LogP contribution is 2.35. The van der Waals surface area contributed by atoms with Crippen molar-refractivity contribution in [1.29, 1.82) is 0 Å². The summed E-state index contributed by atoms with van der Waals surface area (Å²) in [4.78, 5) is 0. The molecule has 0 radical (unpaired) electrons. The smallest absolute Gasteiger partial charge is 0.161 e. The number of hydrogen-bond acceptors (Lipinski definition) is 3. The molecule has 2 aromatic rings. The highest BCUT2D eigenvalue weighted by atomic mass is 79.9. The van der Waals surface area contributed by atoms with Gasteiger partial charge < -0.3 is 14.6 Å². The lowest BCUT2D eigenvalue weighted by Gasteiger charge is -2.17. The minimum Gasteiger partial charge on any atom is -0.493 e. The summed E-state index contributed by atoms with van der Waals surface area (Å²) in [5.74, 6) is 1.28. The maximum atomic E-state index is 10.5. The number of ether oxygens (including phenoxy) is 2. The van der Waals surface area contributed by atoms with Gasteiger partial charge in [-0.15, -0.1) is 0 Å². The molecule has 0 bridgehead atoms. The first kappa shape index (κ1) is 14.9. The Hall–Kier alpha value is -1.52. The summed E-state index contributed by atoms with van der Waals surface area (Å²) < 4.78 is 11.5. The highest BCUT2D eigenvalue weighted by molar-refractivity contribution is 9.10. The van der Waals surface area contributed by atoms with Crippen molar-refractivity contribution in [3.05, 3.63) is 57.6 Å². The Kier molecular flexibility index (Phi) is 4.68. The molecule has 1 unspecified atom stereocenters. The van der Waals surface area contributed by atoms with Crippen LogP contribution in [0.25, 0.3) is 0 Å². The lowest BCUT2D eigenvalue weighted by Crippen LogP contribution is -2.03. The van der Waals surface area contributed by atoms with Gasteiger partial charge in [0.05, 0.1) is 14.2 Å². The molecule has 1 N–H and O–H groups in total. The van der Waals surface area contributed by atoms with Gasteiger partial charge in [0, 0.05) is 4.47 Å². The van der Waals surface area contributed by atoms with E-state index in [1.54, 1.807) is 14.2 Å². The molecule has 0 aliphatic heterocycles. The number of aryl methyl sites for hydroxylation is 1. The average molecular weight is 337 g/mol. The van der Waals surface area contributed by atoms with Crippen LogP contribution in [0.15, 0.2) is 40.9 Å². The van der Waals surface area contributed by atoms with Crippen LogP contribution in [-0.4, -0.2) is 19.3 Å². The Labute approximate surface area is 127 Å². The van der Waals surface area contributed by atoms with E-state index in [-0.39, 0.29) is 0 Å². The molecule has 0 heterocycles. The minimum atomic E-state index is -0.692. The number of aliphatic hydroxyl groups excluding tert-OH is 1. The molecule has 2 aromatic carbocycles. The maximum absolute atomic E-state index is 10.5. The van der Waals surface area contributed by atoms with Gasteiger partial charge in [-0.2, -0.15) is 0 Å². The molecule has 0 aliphatic carbocycles. The fraction of sp³-hybridized carbons (Fsp3) is 0.250. The van der Waals surface area contributed by atoms with Crippen LogP contribution in [0.4, 0.5) is 0 Å². The lowest BCUT2D eigenvalue weighted by molar-refractivity contribution is 0.218. The molecule has 0 aromatic heterocycles. The number of halogens is 1. The van der Waals surface area contributed by atoms with Gasteiger partial charge in [0.15, 0.2) is 11.5 Å². The largest absolute Gasteiger partial charge is 0.493 e. The Bertz CT molecular complexity index is 593. The van der Waals surface area contributed by atoms with Crippen LogP contribution in [-0.2, 0) is 0 Å². The second-order valence-electron chi connectivity index (χ2n) is 4.52. The summed E-state index contributed by atoms with van der Waals surface area (Å²) in [6.07, 6.45) is -0.692. The van der Waals surface area contributed by atoms with E-state index >= 15 is 0 Å². The van der Waals surface area contributed by atoms with Crippen molar-refractivity contribution >= 4 is 15.9 Å². The fourth-order valence-corrected chi connectivity index (χ4v) is 2.38. The van der Waals surface area contributed by atoms with Crippen molar-refractivity contribution in [2.75, 3.05) is 14.2 Å². The van der Waals surface area contributed by atoms with E-state index in [0.29, 0.717) is 11.5 Å². The number of hydrogen-bond donors (Lipinski definition) is 1. The zero-order valence-electron chi connectivity index (χ0n) is 11.7. The fourth-order valence-electron chi connectivity index (χ4n) is 2.12. The Morgan fingerprint density at radius 1 is 1.00 bits per heavy atom. The number of rotatable bonds is 4. The van der Waals surface area contributed by atoms with E-state index in [0.717, 1.165) is 21.2 Å². The summed E-state index contributed by atoms with van der Waals surface area (Å²) in [5.41, 5.74) is 2.60. The molecule has 0 amide bonds. The van der Waals surface area contributed by atoms with Crippen LogP contribution in [0.5, 0.6) is 11.5 Å². The maximum Gasteiger partial charge on any atom is 0.161 e. The number of aliphatic hydroxyl groups is 1. The molecule has 20 heavy (non-hydrogen) atoms. The zero-order valence-corrected chi connectivity index (χ0v) is 13.3. The van der Waals surface area contributed by atoms with Gasteiger partial charge in [-0.25, -0.2) is 0 Å². The molecular weight excluding hydrogens is 320 g/mol. The van der Waals surface area contributed by atoms with E-state index in [1.165, 1.54) is 0 Å². The second-order valence-corrected chi connectivity index (χ2v) is 5.43. The second kappa shape index (κ2) is 6.29. The van der Waals surface area contributed by atoms with Gasteiger partial charge in [-0.1, -0.05) is 28.1 Å². The van der Waals surface area contributed by atoms with Crippen molar-refractivity contribution in [3.63, 3.8) is 0 Å². The van der Waals surface area contributed by atoms with E-state index in [9.17, 15) is 5.11 Å². The van der Waals surface area contributed by atoms with Gasteiger partial charge in [-0.3, -0.25) is 0 Å². The molecule has 0 saturated carbocycles. The summed E-state index contributed by atoms with van der Waals surface area (Å²) in [5, 5.41) is 10.5. The average Bonchev–Trinajstić information content (AvgIpc) is 2.47. The zero-order chi connectivity index (χ0) is 14.7. The number of benzene rings is 2. The van der Waals surface area contributed by atoms with E-state index in [1.807, 2.05) is 43.3 Å². The highest BCUT2D eigenvalue weighted by Gasteiger charge is 2.16. The van der Waals surface area contributed by atoms with E-state index < -0.39 is 6.10 Å². The van der Waals surface area contributed by atoms with Crippen molar-refractivity contribution in [2.24, 2.45) is 0 Å². The van der Waals surface area contributed by atoms with Crippen molar-refractivity contribution in [3.8, 4) is 11.5 Å². The van der Waals surface area contributed by atoms with Gasteiger partial charge in [0.25, 0.3) is 0 Å². The Morgan fingerprint density at radius 3 is 2.10 bits per heavy atom. The topological polar surface area (TPSA) is 38.7 Å². The van der Waals surface area contributed by atoms with Gasteiger partial charge >= 0.3 is 0 Å². The van der Waals surface area contributed by atoms with Crippen LogP contribution in [0.3, 0.4) is 0 Å². The molecule has 3 nitrogen and oxygen atoms in total. The molecule has 1 atom stereocenters. The predicted octanol–water partition coefficient (Wildman–Crippen LogP) is 3.86. The van der Waals surface area contributed by atoms with Gasteiger partial charge in [-0.05, 0) is 47.9 Å². The standard InChI is InChI=1S/C16H17BrO3/c1-10-8-14(19-2)15(20-3)9-13(10)16(18)11-4-6-12(17)7-5-11/h4-9,16,18H,1-3H3. The van der Waals surface area contributed by atoms with Gasteiger partial charge in [0.2, 0.25) is 0 Å². The monoisotopic (exact) mass is 336 g/mol. The first-order chi connectivity index (χ1) is 9.56. The molecule has 0 saturated heterocycles. The van der Waals surface area contributed by atoms with Crippen LogP contribution in [0, 0.1) is 6.92 Å². The third kappa shape index (κ3) is 2.97. The van der Waals surface area contributed by atoms with Crippen LogP contribution in [0.2, 0.25) is 0 Å². The summed E-state index contributed by atoms with van der Waals surface area (Å²) in [7, 11) is 3.19. The summed E-state index contributed by atoms with van der Waals surface area (Å²) in [6.45, 7) is 1.94. The van der Waals surface area contributed by atoms with E-state index in [4.69, 9.17) is 9.47 Å². The third-order valence-corrected chi connectivity index (χ3v) is 3.78. The van der Waals surface area contributed by atoms with Gasteiger partial charge in [0.1, 0.15) is 6.10 Å². The van der Waals surface area contributed by atoms with Crippen molar-refractivity contribution in [1.82, 2.24) is 0 Å². The minimum absolute atomic E-state index is 0.615.